The Morgan fingerprint density at radius 2 is 1.82 bits per heavy atom. The molecule has 1 saturated carbocycles. The smallest absolute Gasteiger partial charge is 0.0303 e. The second kappa shape index (κ2) is 5.27. The highest BCUT2D eigenvalue weighted by molar-refractivity contribution is 4.97. The van der Waals surface area contributed by atoms with Crippen molar-refractivity contribution < 1.29 is 0 Å². The van der Waals surface area contributed by atoms with Gasteiger partial charge in [0.1, 0.15) is 0 Å². The minimum atomic E-state index is 0.259. The highest BCUT2D eigenvalue weighted by Gasteiger charge is 2.42. The normalized spacial score (nSPS) is 33.0. The SMILES string of the molecule is CC(C)CCC(C)(CN)N1CC2CCCC2C1. The molecule has 0 radical (unpaired) electrons. The molecule has 0 amide bonds. The van der Waals surface area contributed by atoms with Crippen LogP contribution >= 0.6 is 0 Å². The molecule has 2 heteroatoms. The summed E-state index contributed by atoms with van der Waals surface area (Å²) in [5.74, 6) is 2.77. The van der Waals surface area contributed by atoms with Gasteiger partial charge in [0.2, 0.25) is 0 Å². The summed E-state index contributed by atoms with van der Waals surface area (Å²) in [5, 5.41) is 0. The zero-order valence-electron chi connectivity index (χ0n) is 11.9. The summed E-state index contributed by atoms with van der Waals surface area (Å²) < 4.78 is 0. The fourth-order valence-electron chi connectivity index (χ4n) is 3.66. The quantitative estimate of drug-likeness (QED) is 0.798. The molecule has 1 aliphatic heterocycles. The zero-order valence-corrected chi connectivity index (χ0v) is 11.9. The van der Waals surface area contributed by atoms with E-state index in [2.05, 4.69) is 25.7 Å². The van der Waals surface area contributed by atoms with Gasteiger partial charge in [0, 0.05) is 25.2 Å². The second-order valence-corrected chi connectivity index (χ2v) is 6.99. The van der Waals surface area contributed by atoms with Crippen molar-refractivity contribution in [1.82, 2.24) is 4.90 Å². The molecule has 1 saturated heterocycles. The van der Waals surface area contributed by atoms with Crippen LogP contribution in [0, 0.1) is 17.8 Å². The maximum atomic E-state index is 6.08. The average Bonchev–Trinajstić information content (AvgIpc) is 2.86. The van der Waals surface area contributed by atoms with Crippen molar-refractivity contribution in [2.45, 2.75) is 58.4 Å². The Kier molecular flexibility index (Phi) is 4.14. The summed E-state index contributed by atoms with van der Waals surface area (Å²) in [7, 11) is 0. The molecule has 0 spiro atoms. The van der Waals surface area contributed by atoms with Gasteiger partial charge in [0.25, 0.3) is 0 Å². The molecule has 2 aliphatic rings. The average molecular weight is 238 g/mol. The standard InChI is InChI=1S/C15H30N2/c1-12(2)7-8-15(3,11-16)17-9-13-5-4-6-14(13)10-17/h12-14H,4-11,16H2,1-3H3. The van der Waals surface area contributed by atoms with E-state index in [1.807, 2.05) is 0 Å². The third kappa shape index (κ3) is 2.85. The van der Waals surface area contributed by atoms with Gasteiger partial charge in [-0.15, -0.1) is 0 Å². The van der Waals surface area contributed by atoms with Crippen LogP contribution in [0.15, 0.2) is 0 Å². The molecule has 100 valence electrons. The van der Waals surface area contributed by atoms with Crippen LogP contribution in [0.3, 0.4) is 0 Å². The van der Waals surface area contributed by atoms with Gasteiger partial charge in [0.15, 0.2) is 0 Å². The van der Waals surface area contributed by atoms with Crippen LogP contribution in [0.5, 0.6) is 0 Å². The van der Waals surface area contributed by atoms with Crippen molar-refractivity contribution >= 4 is 0 Å². The molecule has 3 unspecified atom stereocenters. The first-order valence-electron chi connectivity index (χ1n) is 7.50. The van der Waals surface area contributed by atoms with Crippen LogP contribution in [0.2, 0.25) is 0 Å². The highest BCUT2D eigenvalue weighted by Crippen LogP contribution is 2.41. The molecule has 17 heavy (non-hydrogen) atoms. The lowest BCUT2D eigenvalue weighted by molar-refractivity contribution is 0.115. The monoisotopic (exact) mass is 238 g/mol. The van der Waals surface area contributed by atoms with Gasteiger partial charge in [0.05, 0.1) is 0 Å². The van der Waals surface area contributed by atoms with E-state index in [1.54, 1.807) is 0 Å². The molecule has 2 nitrogen and oxygen atoms in total. The first-order valence-corrected chi connectivity index (χ1v) is 7.50. The topological polar surface area (TPSA) is 29.3 Å². The summed E-state index contributed by atoms with van der Waals surface area (Å²) in [6.07, 6.45) is 6.96. The first-order chi connectivity index (χ1) is 8.05. The number of hydrogen-bond donors (Lipinski definition) is 1. The lowest BCUT2D eigenvalue weighted by Crippen LogP contribution is -2.51. The van der Waals surface area contributed by atoms with Crippen LogP contribution in [-0.2, 0) is 0 Å². The molecule has 2 N–H and O–H groups in total. The number of rotatable bonds is 5. The lowest BCUT2D eigenvalue weighted by Gasteiger charge is -2.39. The number of fused-ring (bicyclic) bond motifs is 1. The van der Waals surface area contributed by atoms with E-state index >= 15 is 0 Å². The van der Waals surface area contributed by atoms with E-state index in [0.29, 0.717) is 0 Å². The van der Waals surface area contributed by atoms with Gasteiger partial charge in [-0.05, 0) is 50.4 Å². The maximum Gasteiger partial charge on any atom is 0.0303 e. The predicted octanol–water partition coefficient (Wildman–Crippen LogP) is 2.87. The van der Waals surface area contributed by atoms with Crippen molar-refractivity contribution in [2.75, 3.05) is 19.6 Å². The molecule has 3 atom stereocenters. The van der Waals surface area contributed by atoms with Crippen LogP contribution in [-0.4, -0.2) is 30.1 Å². The highest BCUT2D eigenvalue weighted by atomic mass is 15.2. The molecule has 0 aromatic heterocycles. The van der Waals surface area contributed by atoms with Crippen molar-refractivity contribution in [3.63, 3.8) is 0 Å². The van der Waals surface area contributed by atoms with E-state index in [0.717, 1.165) is 24.3 Å². The largest absolute Gasteiger partial charge is 0.329 e. The Morgan fingerprint density at radius 1 is 1.24 bits per heavy atom. The van der Waals surface area contributed by atoms with Crippen LogP contribution < -0.4 is 5.73 Å². The van der Waals surface area contributed by atoms with Crippen molar-refractivity contribution in [1.29, 1.82) is 0 Å². The second-order valence-electron chi connectivity index (χ2n) is 6.99. The first kappa shape index (κ1) is 13.4. The summed E-state index contributed by atoms with van der Waals surface area (Å²) in [4.78, 5) is 2.71. The fourth-order valence-corrected chi connectivity index (χ4v) is 3.66. The Bertz CT molecular complexity index is 239. The maximum absolute atomic E-state index is 6.08. The van der Waals surface area contributed by atoms with Gasteiger partial charge < -0.3 is 5.73 Å². The summed E-state index contributed by atoms with van der Waals surface area (Å²) in [6, 6.07) is 0. The Balaban J connectivity index is 1.93. The van der Waals surface area contributed by atoms with Gasteiger partial charge in [-0.1, -0.05) is 20.3 Å². The molecule has 0 bridgehead atoms. The summed E-state index contributed by atoms with van der Waals surface area (Å²) in [6.45, 7) is 10.5. The van der Waals surface area contributed by atoms with E-state index in [9.17, 15) is 0 Å². The van der Waals surface area contributed by atoms with E-state index in [-0.39, 0.29) is 5.54 Å². The lowest BCUT2D eigenvalue weighted by atomic mass is 9.90. The van der Waals surface area contributed by atoms with Crippen LogP contribution in [0.1, 0.15) is 52.9 Å². The Labute approximate surface area is 107 Å². The minimum Gasteiger partial charge on any atom is -0.329 e. The molecule has 0 aromatic rings. The predicted molar refractivity (Wildman–Crippen MR) is 73.9 cm³/mol. The minimum absolute atomic E-state index is 0.259. The molecule has 1 aliphatic carbocycles. The Hall–Kier alpha value is -0.0800. The third-order valence-electron chi connectivity index (χ3n) is 5.19. The van der Waals surface area contributed by atoms with E-state index in [4.69, 9.17) is 5.73 Å². The van der Waals surface area contributed by atoms with Gasteiger partial charge >= 0.3 is 0 Å². The van der Waals surface area contributed by atoms with Crippen molar-refractivity contribution in [2.24, 2.45) is 23.5 Å². The van der Waals surface area contributed by atoms with Gasteiger partial charge in [-0.2, -0.15) is 0 Å². The van der Waals surface area contributed by atoms with Gasteiger partial charge in [-0.3, -0.25) is 4.90 Å². The van der Waals surface area contributed by atoms with Crippen molar-refractivity contribution in [3.8, 4) is 0 Å². The zero-order chi connectivity index (χ0) is 12.5. The molecular weight excluding hydrogens is 208 g/mol. The van der Waals surface area contributed by atoms with E-state index < -0.39 is 0 Å². The van der Waals surface area contributed by atoms with Gasteiger partial charge in [-0.25, -0.2) is 0 Å². The molecule has 1 heterocycles. The molecule has 2 rings (SSSR count). The fraction of sp³-hybridized carbons (Fsp3) is 1.00. The molecule has 0 aromatic carbocycles. The number of nitrogens with zero attached hydrogens (tertiary/aromatic N) is 1. The Morgan fingerprint density at radius 3 is 2.29 bits per heavy atom. The summed E-state index contributed by atoms with van der Waals surface area (Å²) >= 11 is 0. The number of likely N-dealkylation sites (tertiary alicyclic amines) is 1. The van der Waals surface area contributed by atoms with E-state index in [1.165, 1.54) is 45.2 Å². The third-order valence-corrected chi connectivity index (χ3v) is 5.19. The number of nitrogens with two attached hydrogens (primary N) is 1. The molecular formula is C15H30N2. The van der Waals surface area contributed by atoms with Crippen LogP contribution in [0.25, 0.3) is 0 Å². The number of hydrogen-bond acceptors (Lipinski definition) is 2. The van der Waals surface area contributed by atoms with Crippen molar-refractivity contribution in [3.05, 3.63) is 0 Å². The summed E-state index contributed by atoms with van der Waals surface area (Å²) in [5.41, 5.74) is 6.34. The van der Waals surface area contributed by atoms with Crippen LogP contribution in [0.4, 0.5) is 0 Å². The molecule has 2 fully saturated rings.